The third-order valence-corrected chi connectivity index (χ3v) is 6.77. The number of benzene rings is 1. The molecule has 3 aliphatic rings. The maximum absolute atomic E-state index is 12.8. The molecule has 6 heteroatoms. The molecule has 0 spiro atoms. The highest BCUT2D eigenvalue weighted by Crippen LogP contribution is 2.40. The second kappa shape index (κ2) is 9.84. The number of hydrogen-bond donors (Lipinski definition) is 1. The van der Waals surface area contributed by atoms with Gasteiger partial charge in [0.05, 0.1) is 18.1 Å². The summed E-state index contributed by atoms with van der Waals surface area (Å²) in [7, 11) is 0. The van der Waals surface area contributed by atoms with E-state index >= 15 is 0 Å². The summed E-state index contributed by atoms with van der Waals surface area (Å²) in [5.41, 5.74) is 4.70. The highest BCUT2D eigenvalue weighted by Gasteiger charge is 2.41. The lowest BCUT2D eigenvalue weighted by Crippen LogP contribution is -2.44. The summed E-state index contributed by atoms with van der Waals surface area (Å²) < 4.78 is 5.84. The van der Waals surface area contributed by atoms with Crippen LogP contribution in [0, 0.1) is 18.8 Å². The van der Waals surface area contributed by atoms with E-state index in [0.717, 1.165) is 55.8 Å². The number of allylic oxidation sites excluding steroid dienone is 3. The van der Waals surface area contributed by atoms with Crippen molar-refractivity contribution in [2.45, 2.75) is 45.6 Å². The van der Waals surface area contributed by atoms with Gasteiger partial charge < -0.3 is 15.0 Å². The van der Waals surface area contributed by atoms with Crippen molar-refractivity contribution in [1.29, 1.82) is 0 Å². The number of urea groups is 1. The van der Waals surface area contributed by atoms with Crippen molar-refractivity contribution in [1.82, 2.24) is 20.2 Å². The Hall–Kier alpha value is -3.41. The van der Waals surface area contributed by atoms with Gasteiger partial charge in [-0.3, -0.25) is 4.98 Å². The van der Waals surface area contributed by atoms with Crippen LogP contribution in [-0.2, 0) is 0 Å². The van der Waals surface area contributed by atoms with Crippen LogP contribution in [0.1, 0.15) is 45.3 Å². The zero-order valence-corrected chi connectivity index (χ0v) is 19.9. The first-order chi connectivity index (χ1) is 16.5. The van der Waals surface area contributed by atoms with Gasteiger partial charge in [0.1, 0.15) is 5.75 Å². The molecule has 178 valence electrons. The predicted molar refractivity (Wildman–Crippen MR) is 136 cm³/mol. The van der Waals surface area contributed by atoms with Gasteiger partial charge in [-0.2, -0.15) is 0 Å². The number of rotatable bonds is 5. The van der Waals surface area contributed by atoms with Crippen LogP contribution in [0.2, 0.25) is 0 Å². The summed E-state index contributed by atoms with van der Waals surface area (Å²) in [6.45, 7) is 5.64. The van der Waals surface area contributed by atoms with Gasteiger partial charge in [0, 0.05) is 26.5 Å². The standard InChI is InChI=1S/C28H32N4O2.H2/c1-19-6-8-23(9-7-19)25-16-26(25)31-28(33)32-12-10-21(11-13-32)14-22-4-3-5-24(15-22)34-27-18-29-20(2)17-30-27;/h3-6,8-9,14-15,17-19,25-26H,7,10-13,16H2,1-2H3,(H,31,33);1H. The monoisotopic (exact) mass is 458 g/mol. The molecule has 5 rings (SSSR count). The van der Waals surface area contributed by atoms with Crippen LogP contribution in [0.3, 0.4) is 0 Å². The Bertz CT molecular complexity index is 1130. The third-order valence-electron chi connectivity index (χ3n) is 6.77. The molecule has 1 aliphatic heterocycles. The molecule has 1 saturated carbocycles. The number of aromatic nitrogens is 2. The number of hydrogen-bond acceptors (Lipinski definition) is 4. The average molecular weight is 459 g/mol. The average Bonchev–Trinajstić information content (AvgIpc) is 3.61. The molecule has 6 nitrogen and oxygen atoms in total. The van der Waals surface area contributed by atoms with E-state index in [0.29, 0.717) is 17.7 Å². The van der Waals surface area contributed by atoms with Crippen LogP contribution >= 0.6 is 0 Å². The van der Waals surface area contributed by atoms with E-state index in [1.54, 1.807) is 12.4 Å². The summed E-state index contributed by atoms with van der Waals surface area (Å²) in [6, 6.07) is 8.35. The van der Waals surface area contributed by atoms with E-state index in [4.69, 9.17) is 4.74 Å². The molecule has 0 bridgehead atoms. The van der Waals surface area contributed by atoms with Crippen LogP contribution in [0.5, 0.6) is 11.6 Å². The van der Waals surface area contributed by atoms with Crippen molar-refractivity contribution in [2.24, 2.45) is 11.8 Å². The van der Waals surface area contributed by atoms with Gasteiger partial charge in [0.15, 0.2) is 0 Å². The minimum atomic E-state index is 0. The summed E-state index contributed by atoms with van der Waals surface area (Å²) >= 11 is 0. The SMILES string of the molecule is Cc1cnc(Oc2cccc(C=C3CCN(C(=O)NC4CC4C4=CCC(C)C=C4)CC3)c2)cn1.[HH]. The van der Waals surface area contributed by atoms with E-state index in [9.17, 15) is 4.79 Å². The number of piperidine rings is 1. The second-order valence-electron chi connectivity index (χ2n) is 9.63. The molecule has 2 amide bonds. The van der Waals surface area contributed by atoms with Crippen LogP contribution in [0.25, 0.3) is 6.08 Å². The Labute approximate surface area is 202 Å². The van der Waals surface area contributed by atoms with E-state index in [-0.39, 0.29) is 13.5 Å². The lowest BCUT2D eigenvalue weighted by Gasteiger charge is -2.29. The number of nitrogens with one attached hydrogen (secondary N) is 1. The zero-order chi connectivity index (χ0) is 23.5. The Balaban J connectivity index is 0.00000289. The smallest absolute Gasteiger partial charge is 0.317 e. The Kier molecular flexibility index (Phi) is 6.48. The first-order valence-corrected chi connectivity index (χ1v) is 12.2. The molecule has 2 aromatic rings. The highest BCUT2D eigenvalue weighted by molar-refractivity contribution is 5.75. The topological polar surface area (TPSA) is 67.3 Å². The van der Waals surface area contributed by atoms with E-state index in [1.807, 2.05) is 30.0 Å². The zero-order valence-electron chi connectivity index (χ0n) is 19.9. The number of likely N-dealkylation sites (tertiary alicyclic amines) is 1. The van der Waals surface area contributed by atoms with Crippen molar-refractivity contribution in [3.05, 3.63) is 77.3 Å². The van der Waals surface area contributed by atoms with Crippen LogP contribution in [-0.4, -0.2) is 40.0 Å². The lowest BCUT2D eigenvalue weighted by molar-refractivity contribution is 0.193. The molecule has 0 radical (unpaired) electrons. The van der Waals surface area contributed by atoms with E-state index < -0.39 is 0 Å². The molecule has 2 heterocycles. The Morgan fingerprint density at radius 3 is 2.82 bits per heavy atom. The van der Waals surface area contributed by atoms with Crippen LogP contribution in [0.4, 0.5) is 4.79 Å². The van der Waals surface area contributed by atoms with Crippen molar-refractivity contribution in [2.75, 3.05) is 13.1 Å². The molecule has 3 unspecified atom stereocenters. The molecule has 1 aromatic heterocycles. The highest BCUT2D eigenvalue weighted by atomic mass is 16.5. The number of ether oxygens (including phenoxy) is 1. The Morgan fingerprint density at radius 2 is 2.09 bits per heavy atom. The number of carbonyl (C=O) groups is 1. The minimum absolute atomic E-state index is 0. The second-order valence-corrected chi connectivity index (χ2v) is 9.63. The number of carbonyl (C=O) groups excluding carboxylic acids is 1. The predicted octanol–water partition coefficient (Wildman–Crippen LogP) is 5.92. The lowest BCUT2D eigenvalue weighted by atomic mass is 9.96. The van der Waals surface area contributed by atoms with Crippen molar-refractivity contribution in [3.8, 4) is 11.6 Å². The van der Waals surface area contributed by atoms with Crippen molar-refractivity contribution in [3.63, 3.8) is 0 Å². The molecular formula is C28H34N4O2. The molecule has 1 saturated heterocycles. The molecule has 34 heavy (non-hydrogen) atoms. The Morgan fingerprint density at radius 1 is 1.24 bits per heavy atom. The van der Waals surface area contributed by atoms with Gasteiger partial charge in [-0.15, -0.1) is 0 Å². The molecular weight excluding hydrogens is 424 g/mol. The van der Waals surface area contributed by atoms with E-state index in [1.165, 1.54) is 11.1 Å². The van der Waals surface area contributed by atoms with Gasteiger partial charge >= 0.3 is 6.03 Å². The maximum Gasteiger partial charge on any atom is 0.317 e. The van der Waals surface area contributed by atoms with Gasteiger partial charge in [0.2, 0.25) is 5.88 Å². The molecule has 1 N–H and O–H groups in total. The summed E-state index contributed by atoms with van der Waals surface area (Å²) in [4.78, 5) is 23.2. The molecule has 2 aliphatic carbocycles. The van der Waals surface area contributed by atoms with Crippen LogP contribution < -0.4 is 10.1 Å². The quantitative estimate of drug-likeness (QED) is 0.604. The van der Waals surface area contributed by atoms with Crippen LogP contribution in [0.15, 0.2) is 66.0 Å². The molecule has 2 fully saturated rings. The largest absolute Gasteiger partial charge is 0.437 e. The first-order valence-electron chi connectivity index (χ1n) is 12.2. The number of nitrogens with zero attached hydrogens (tertiary/aromatic N) is 3. The molecule has 1 aromatic carbocycles. The first kappa shape index (κ1) is 22.4. The summed E-state index contributed by atoms with van der Waals surface area (Å²) in [6.07, 6.45) is 16.4. The fourth-order valence-electron chi connectivity index (χ4n) is 4.59. The van der Waals surface area contributed by atoms with Crippen molar-refractivity contribution >= 4 is 12.1 Å². The van der Waals surface area contributed by atoms with E-state index in [2.05, 4.69) is 52.6 Å². The maximum atomic E-state index is 12.8. The van der Waals surface area contributed by atoms with Gasteiger partial charge in [-0.25, -0.2) is 9.78 Å². The third kappa shape index (κ3) is 5.56. The van der Waals surface area contributed by atoms with Gasteiger partial charge in [-0.05, 0) is 61.8 Å². The number of amides is 2. The van der Waals surface area contributed by atoms with Crippen molar-refractivity contribution < 1.29 is 11.0 Å². The minimum Gasteiger partial charge on any atom is -0.437 e. The fraction of sp³-hybridized carbons (Fsp3) is 0.393. The fourth-order valence-corrected chi connectivity index (χ4v) is 4.59. The summed E-state index contributed by atoms with van der Waals surface area (Å²) in [5, 5.41) is 3.25. The van der Waals surface area contributed by atoms with Gasteiger partial charge in [-0.1, -0.05) is 48.9 Å². The van der Waals surface area contributed by atoms with Gasteiger partial charge in [0.25, 0.3) is 0 Å². The normalized spacial score (nSPS) is 23.8. The molecule has 3 atom stereocenters. The summed E-state index contributed by atoms with van der Waals surface area (Å²) in [5.74, 6) is 2.34. The number of aryl methyl sites for hydroxylation is 1.